The zero-order valence-corrected chi connectivity index (χ0v) is 10.7. The van der Waals surface area contributed by atoms with E-state index in [1.807, 2.05) is 0 Å². The summed E-state index contributed by atoms with van der Waals surface area (Å²) in [5.74, 6) is -1.45. The van der Waals surface area contributed by atoms with E-state index in [1.165, 1.54) is 12.1 Å². The number of halogens is 2. The largest absolute Gasteiger partial charge is 0.299 e. The van der Waals surface area contributed by atoms with E-state index in [9.17, 15) is 14.0 Å². The lowest BCUT2D eigenvalue weighted by Crippen LogP contribution is -2.14. The van der Waals surface area contributed by atoms with Crippen LogP contribution in [0.25, 0.3) is 0 Å². The Kier molecular flexibility index (Phi) is 4.35. The monoisotopic (exact) mass is 286 g/mol. The molecule has 0 saturated heterocycles. The van der Waals surface area contributed by atoms with Crippen LogP contribution in [0.15, 0.2) is 22.7 Å². The predicted molar refractivity (Wildman–Crippen MR) is 62.9 cm³/mol. The molecule has 2 nitrogen and oxygen atoms in total. The number of carbonyl (C=O) groups is 2. The second-order valence-electron chi connectivity index (χ2n) is 3.85. The SMILES string of the molecule is CC(C)C(=O)CC(=O)c1ccc(Br)cc1F. The van der Waals surface area contributed by atoms with Gasteiger partial charge in [-0.1, -0.05) is 29.8 Å². The third-order valence-electron chi connectivity index (χ3n) is 2.21. The topological polar surface area (TPSA) is 34.1 Å². The van der Waals surface area contributed by atoms with Gasteiger partial charge in [0.15, 0.2) is 5.78 Å². The Morgan fingerprint density at radius 3 is 2.50 bits per heavy atom. The molecule has 1 aromatic rings. The fourth-order valence-electron chi connectivity index (χ4n) is 1.17. The van der Waals surface area contributed by atoms with Gasteiger partial charge in [-0.2, -0.15) is 0 Å². The van der Waals surface area contributed by atoms with Gasteiger partial charge in [-0.05, 0) is 18.2 Å². The number of ketones is 2. The molecule has 0 unspecified atom stereocenters. The Balaban J connectivity index is 2.85. The van der Waals surface area contributed by atoms with Crippen molar-refractivity contribution < 1.29 is 14.0 Å². The highest BCUT2D eigenvalue weighted by Gasteiger charge is 2.17. The highest BCUT2D eigenvalue weighted by atomic mass is 79.9. The second kappa shape index (κ2) is 5.34. The number of benzene rings is 1. The first kappa shape index (κ1) is 13.0. The summed E-state index contributed by atoms with van der Waals surface area (Å²) < 4.78 is 14.0. The van der Waals surface area contributed by atoms with Crippen LogP contribution in [-0.2, 0) is 4.79 Å². The van der Waals surface area contributed by atoms with Crippen molar-refractivity contribution >= 4 is 27.5 Å². The summed E-state index contributed by atoms with van der Waals surface area (Å²) in [7, 11) is 0. The Morgan fingerprint density at radius 1 is 1.38 bits per heavy atom. The van der Waals surface area contributed by atoms with Gasteiger partial charge in [0.2, 0.25) is 0 Å². The minimum absolute atomic E-state index is 0.0304. The first-order valence-electron chi connectivity index (χ1n) is 4.92. The fourth-order valence-corrected chi connectivity index (χ4v) is 1.51. The average molecular weight is 287 g/mol. The minimum Gasteiger partial charge on any atom is -0.299 e. The van der Waals surface area contributed by atoms with Gasteiger partial charge in [-0.25, -0.2) is 4.39 Å². The molecule has 0 bridgehead atoms. The molecule has 0 aromatic heterocycles. The first-order chi connectivity index (χ1) is 7.41. The number of Topliss-reactive ketones (excluding diaryl/α,β-unsaturated/α-hetero) is 2. The van der Waals surface area contributed by atoms with Gasteiger partial charge in [0.05, 0.1) is 12.0 Å². The highest BCUT2D eigenvalue weighted by molar-refractivity contribution is 9.10. The molecule has 0 aliphatic heterocycles. The maximum atomic E-state index is 13.4. The third kappa shape index (κ3) is 3.23. The van der Waals surface area contributed by atoms with Gasteiger partial charge >= 0.3 is 0 Å². The van der Waals surface area contributed by atoms with Crippen LogP contribution in [0, 0.1) is 11.7 Å². The van der Waals surface area contributed by atoms with Crippen molar-refractivity contribution in [2.24, 2.45) is 5.92 Å². The Morgan fingerprint density at radius 2 is 2.00 bits per heavy atom. The maximum absolute atomic E-state index is 13.4. The molecule has 0 aliphatic carbocycles. The zero-order chi connectivity index (χ0) is 12.3. The smallest absolute Gasteiger partial charge is 0.173 e. The summed E-state index contributed by atoms with van der Waals surface area (Å²) >= 11 is 3.10. The van der Waals surface area contributed by atoms with Crippen LogP contribution in [0.5, 0.6) is 0 Å². The predicted octanol–water partition coefficient (Wildman–Crippen LogP) is 3.39. The van der Waals surface area contributed by atoms with Crippen LogP contribution < -0.4 is 0 Å². The van der Waals surface area contributed by atoms with Gasteiger partial charge in [0, 0.05) is 10.4 Å². The van der Waals surface area contributed by atoms with Crippen molar-refractivity contribution in [1.29, 1.82) is 0 Å². The number of hydrogen-bond acceptors (Lipinski definition) is 2. The van der Waals surface area contributed by atoms with E-state index in [-0.39, 0.29) is 23.7 Å². The van der Waals surface area contributed by atoms with Crippen LogP contribution in [0.4, 0.5) is 4.39 Å². The van der Waals surface area contributed by atoms with E-state index in [2.05, 4.69) is 15.9 Å². The van der Waals surface area contributed by atoms with Crippen LogP contribution in [0.1, 0.15) is 30.6 Å². The summed E-state index contributed by atoms with van der Waals surface area (Å²) in [5, 5.41) is 0. The van der Waals surface area contributed by atoms with Crippen molar-refractivity contribution in [2.75, 3.05) is 0 Å². The zero-order valence-electron chi connectivity index (χ0n) is 9.09. The molecule has 16 heavy (non-hydrogen) atoms. The summed E-state index contributed by atoms with van der Waals surface area (Å²) in [6, 6.07) is 4.18. The molecule has 0 atom stereocenters. The van der Waals surface area contributed by atoms with Crippen molar-refractivity contribution in [3.63, 3.8) is 0 Å². The molecule has 4 heteroatoms. The standard InChI is InChI=1S/C12H12BrFO2/c1-7(2)11(15)6-12(16)9-4-3-8(13)5-10(9)14/h3-5,7H,6H2,1-2H3. The summed E-state index contributed by atoms with van der Waals surface area (Å²) in [6.07, 6.45) is -0.240. The van der Waals surface area contributed by atoms with Crippen molar-refractivity contribution in [3.8, 4) is 0 Å². The molecule has 1 aromatic carbocycles. The van der Waals surface area contributed by atoms with Crippen LogP contribution >= 0.6 is 15.9 Å². The summed E-state index contributed by atoms with van der Waals surface area (Å²) in [4.78, 5) is 23.0. The summed E-state index contributed by atoms with van der Waals surface area (Å²) in [5.41, 5.74) is -0.0304. The third-order valence-corrected chi connectivity index (χ3v) is 2.70. The van der Waals surface area contributed by atoms with Crippen molar-refractivity contribution in [1.82, 2.24) is 0 Å². The normalized spacial score (nSPS) is 10.6. The number of rotatable bonds is 4. The Hall–Kier alpha value is -1.03. The minimum atomic E-state index is -0.601. The lowest BCUT2D eigenvalue weighted by molar-refractivity contribution is -0.121. The lowest BCUT2D eigenvalue weighted by atomic mass is 10.00. The van der Waals surface area contributed by atoms with E-state index in [0.717, 1.165) is 0 Å². The molecule has 0 aliphatic rings. The molecule has 0 N–H and O–H groups in total. The number of carbonyl (C=O) groups excluding carboxylic acids is 2. The quantitative estimate of drug-likeness (QED) is 0.628. The van der Waals surface area contributed by atoms with Gasteiger partial charge in [-0.15, -0.1) is 0 Å². The molecular formula is C12H12BrFO2. The average Bonchev–Trinajstić information content (AvgIpc) is 2.16. The fraction of sp³-hybridized carbons (Fsp3) is 0.333. The lowest BCUT2D eigenvalue weighted by Gasteiger charge is -2.04. The highest BCUT2D eigenvalue weighted by Crippen LogP contribution is 2.17. The van der Waals surface area contributed by atoms with Gasteiger partial charge in [-0.3, -0.25) is 9.59 Å². The summed E-state index contributed by atoms with van der Waals surface area (Å²) in [6.45, 7) is 3.43. The maximum Gasteiger partial charge on any atom is 0.173 e. The molecular weight excluding hydrogens is 275 g/mol. The molecule has 0 radical (unpaired) electrons. The Bertz CT molecular complexity index is 427. The number of hydrogen-bond donors (Lipinski definition) is 0. The Labute approximate surface area is 102 Å². The molecule has 0 heterocycles. The van der Waals surface area contributed by atoms with E-state index in [4.69, 9.17) is 0 Å². The van der Waals surface area contributed by atoms with Gasteiger partial charge < -0.3 is 0 Å². The second-order valence-corrected chi connectivity index (χ2v) is 4.76. The van der Waals surface area contributed by atoms with Gasteiger partial charge in [0.1, 0.15) is 11.6 Å². The van der Waals surface area contributed by atoms with Crippen molar-refractivity contribution in [2.45, 2.75) is 20.3 Å². The van der Waals surface area contributed by atoms with Gasteiger partial charge in [0.25, 0.3) is 0 Å². The van der Waals surface area contributed by atoms with Crippen LogP contribution in [-0.4, -0.2) is 11.6 Å². The molecule has 0 saturated carbocycles. The van der Waals surface area contributed by atoms with Crippen LogP contribution in [0.2, 0.25) is 0 Å². The van der Waals surface area contributed by atoms with E-state index in [1.54, 1.807) is 19.9 Å². The molecule has 0 spiro atoms. The van der Waals surface area contributed by atoms with Crippen LogP contribution in [0.3, 0.4) is 0 Å². The van der Waals surface area contributed by atoms with E-state index < -0.39 is 11.6 Å². The van der Waals surface area contributed by atoms with E-state index >= 15 is 0 Å². The molecule has 0 amide bonds. The van der Waals surface area contributed by atoms with E-state index in [0.29, 0.717) is 4.47 Å². The van der Waals surface area contributed by atoms with Crippen molar-refractivity contribution in [3.05, 3.63) is 34.1 Å². The molecule has 1 rings (SSSR count). The molecule has 0 fully saturated rings. The first-order valence-corrected chi connectivity index (χ1v) is 5.72. The molecule has 86 valence electrons.